The molecule has 3 N–H and O–H groups in total. The van der Waals surface area contributed by atoms with Crippen LogP contribution in [0.2, 0.25) is 0 Å². The maximum absolute atomic E-state index is 12.4. The van der Waals surface area contributed by atoms with Crippen LogP contribution in [0.4, 0.5) is 5.69 Å². The third kappa shape index (κ3) is 4.64. The predicted molar refractivity (Wildman–Crippen MR) is 119 cm³/mol. The number of aliphatic hydroxyl groups is 1. The second-order valence-electron chi connectivity index (χ2n) is 6.98. The Morgan fingerprint density at radius 1 is 1.23 bits per heavy atom. The fraction of sp³-hybridized carbons (Fsp3) is 0.227. The lowest BCUT2D eigenvalue weighted by Gasteiger charge is -2.15. The van der Waals surface area contributed by atoms with Gasteiger partial charge in [-0.15, -0.1) is 11.8 Å². The van der Waals surface area contributed by atoms with Crippen LogP contribution in [-0.2, 0) is 11.8 Å². The molecule has 1 aromatic heterocycles. The number of aryl methyl sites for hydroxylation is 1. The van der Waals surface area contributed by atoms with E-state index in [1.807, 2.05) is 61.8 Å². The number of carbonyl (C=O) groups excluding carboxylic acids is 1. The number of anilines is 1. The number of likely N-dealkylation sites (N-methyl/N-ethyl adjacent to an activating group) is 1. The smallest absolute Gasteiger partial charge is 0.279 e. The van der Waals surface area contributed by atoms with Gasteiger partial charge in [-0.2, -0.15) is 5.26 Å². The van der Waals surface area contributed by atoms with Crippen molar-refractivity contribution in [3.8, 4) is 6.07 Å². The summed E-state index contributed by atoms with van der Waals surface area (Å²) in [5, 5.41) is 23.2. The lowest BCUT2D eigenvalue weighted by atomic mass is 10.2. The van der Waals surface area contributed by atoms with Gasteiger partial charge < -0.3 is 19.9 Å². The van der Waals surface area contributed by atoms with Crippen molar-refractivity contribution in [1.29, 1.82) is 5.26 Å². The third-order valence-electron chi connectivity index (χ3n) is 4.72. The lowest BCUT2D eigenvalue weighted by molar-refractivity contribution is -0.867. The highest BCUT2D eigenvalue weighted by atomic mass is 32.2. The molecule has 0 aliphatic rings. The quantitative estimate of drug-likeness (QED) is 0.308. The molecule has 0 bridgehead atoms. The molecule has 0 spiro atoms. The van der Waals surface area contributed by atoms with Crippen LogP contribution >= 0.6 is 11.8 Å². The number of aliphatic hydroxyl groups excluding tert-OH is 1. The normalized spacial score (nSPS) is 12.9. The maximum atomic E-state index is 12.4. The average Bonchev–Trinajstić information content (AvgIpc) is 3.05. The van der Waals surface area contributed by atoms with Gasteiger partial charge in [-0.1, -0.05) is 24.3 Å². The number of rotatable bonds is 7. The summed E-state index contributed by atoms with van der Waals surface area (Å²) in [5.74, 6) is 0.149. The standard InChI is InChI=1S/C22H23N5O2S/c1-26(14-21(29)24-17-9-5-7-11-20(17)30-3)13-19(28)15(12-23)22-25-16-8-4-6-10-18(16)27(22)2/h4-11,28H,13-14H2,1-3H3,(H,24,29)/p+1/b19-15-. The number of benzene rings is 2. The minimum absolute atomic E-state index is 0.0919. The molecule has 3 aromatic rings. The number of thioether (sulfide) groups is 1. The van der Waals surface area contributed by atoms with Crippen molar-refractivity contribution in [1.82, 2.24) is 9.55 Å². The molecule has 0 saturated carbocycles. The molecule has 0 aliphatic carbocycles. The fourth-order valence-corrected chi connectivity index (χ4v) is 3.82. The highest BCUT2D eigenvalue weighted by Crippen LogP contribution is 2.24. The van der Waals surface area contributed by atoms with Gasteiger partial charge in [0.15, 0.2) is 18.1 Å². The molecule has 2 aromatic carbocycles. The first-order valence-electron chi connectivity index (χ1n) is 9.42. The Morgan fingerprint density at radius 3 is 2.63 bits per heavy atom. The largest absolute Gasteiger partial charge is 0.506 e. The van der Waals surface area contributed by atoms with Crippen molar-refractivity contribution in [2.45, 2.75) is 4.90 Å². The van der Waals surface area contributed by atoms with Crippen LogP contribution in [0.1, 0.15) is 5.82 Å². The number of carbonyl (C=O) groups is 1. The minimum Gasteiger partial charge on any atom is -0.506 e. The Bertz CT molecular complexity index is 1150. The van der Waals surface area contributed by atoms with Gasteiger partial charge in [-0.3, -0.25) is 4.79 Å². The molecule has 1 amide bonds. The van der Waals surface area contributed by atoms with Crippen molar-refractivity contribution >= 4 is 40.0 Å². The number of aromatic nitrogens is 2. The third-order valence-corrected chi connectivity index (χ3v) is 5.52. The van der Waals surface area contributed by atoms with Crippen molar-refractivity contribution in [3.05, 3.63) is 60.1 Å². The van der Waals surface area contributed by atoms with E-state index in [2.05, 4.69) is 16.4 Å². The van der Waals surface area contributed by atoms with Gasteiger partial charge in [0.2, 0.25) is 0 Å². The van der Waals surface area contributed by atoms with Gasteiger partial charge in [0, 0.05) is 11.9 Å². The van der Waals surface area contributed by atoms with Crippen LogP contribution in [0.5, 0.6) is 0 Å². The summed E-state index contributed by atoms with van der Waals surface area (Å²) in [7, 11) is 3.60. The molecule has 0 aliphatic heterocycles. The number of allylic oxidation sites excluding steroid dienone is 1. The van der Waals surface area contributed by atoms with E-state index >= 15 is 0 Å². The van der Waals surface area contributed by atoms with Gasteiger partial charge in [0.1, 0.15) is 18.2 Å². The number of amides is 1. The van der Waals surface area contributed by atoms with E-state index in [9.17, 15) is 15.2 Å². The summed E-state index contributed by atoms with van der Waals surface area (Å²) in [6.45, 7) is 0.276. The highest BCUT2D eigenvalue weighted by molar-refractivity contribution is 7.98. The fourth-order valence-electron chi connectivity index (χ4n) is 3.27. The molecule has 3 rings (SSSR count). The van der Waals surface area contributed by atoms with E-state index in [1.165, 1.54) is 0 Å². The predicted octanol–water partition coefficient (Wildman–Crippen LogP) is 2.24. The summed E-state index contributed by atoms with van der Waals surface area (Å²) in [6, 6.07) is 17.2. The Kier molecular flexibility index (Phi) is 6.77. The van der Waals surface area contributed by atoms with Crippen LogP contribution in [-0.4, -0.2) is 47.0 Å². The monoisotopic (exact) mass is 422 g/mol. The Labute approximate surface area is 179 Å². The first-order valence-corrected chi connectivity index (χ1v) is 10.6. The van der Waals surface area contributed by atoms with Gasteiger partial charge >= 0.3 is 0 Å². The molecule has 30 heavy (non-hydrogen) atoms. The van der Waals surface area contributed by atoms with Crippen molar-refractivity contribution in [2.75, 3.05) is 31.7 Å². The molecule has 7 nitrogen and oxygen atoms in total. The van der Waals surface area contributed by atoms with E-state index < -0.39 is 0 Å². The van der Waals surface area contributed by atoms with Crippen molar-refractivity contribution in [2.24, 2.45) is 7.05 Å². The van der Waals surface area contributed by atoms with E-state index in [0.717, 1.165) is 26.5 Å². The van der Waals surface area contributed by atoms with E-state index in [-0.39, 0.29) is 30.3 Å². The number of nitrogens with zero attached hydrogens (tertiary/aromatic N) is 3. The van der Waals surface area contributed by atoms with Crippen LogP contribution in [0, 0.1) is 11.3 Å². The van der Waals surface area contributed by atoms with E-state index in [0.29, 0.717) is 5.82 Å². The zero-order valence-electron chi connectivity index (χ0n) is 17.1. The number of para-hydroxylation sites is 3. The van der Waals surface area contributed by atoms with Crippen molar-refractivity contribution in [3.63, 3.8) is 0 Å². The SMILES string of the molecule is CSc1ccccc1NC(=O)C[NH+](C)C/C(O)=C(\C#N)c1nc2ccccc2n1C. The number of quaternary nitrogens is 1. The molecule has 1 unspecified atom stereocenters. The number of nitrogens with one attached hydrogen (secondary N) is 2. The first kappa shape index (κ1) is 21.4. The topological polar surface area (TPSA) is 95.4 Å². The summed E-state index contributed by atoms with van der Waals surface area (Å²) in [5.41, 5.74) is 2.50. The molecule has 154 valence electrons. The lowest BCUT2D eigenvalue weighted by Crippen LogP contribution is -3.10. The van der Waals surface area contributed by atoms with Crippen LogP contribution in [0.15, 0.2) is 59.2 Å². The average molecular weight is 423 g/mol. The molecule has 1 heterocycles. The van der Waals surface area contributed by atoms with Gasteiger partial charge in [-0.05, 0) is 30.5 Å². The minimum atomic E-state index is -0.164. The highest BCUT2D eigenvalue weighted by Gasteiger charge is 2.20. The molecule has 0 saturated heterocycles. The zero-order chi connectivity index (χ0) is 21.7. The molecular formula is C22H24N5O2S+. The Morgan fingerprint density at radius 2 is 1.93 bits per heavy atom. The summed E-state index contributed by atoms with van der Waals surface area (Å²) in [6.07, 6.45) is 1.95. The first-order chi connectivity index (χ1) is 14.4. The number of hydrogen-bond donors (Lipinski definition) is 3. The second kappa shape index (κ2) is 9.48. The van der Waals surface area contributed by atoms with Crippen LogP contribution in [0.25, 0.3) is 16.6 Å². The number of imidazole rings is 1. The summed E-state index contributed by atoms with van der Waals surface area (Å²) >= 11 is 1.56. The Balaban J connectivity index is 1.73. The van der Waals surface area contributed by atoms with Crippen LogP contribution in [0.3, 0.4) is 0 Å². The molecule has 8 heteroatoms. The molecule has 1 atom stereocenters. The van der Waals surface area contributed by atoms with Crippen molar-refractivity contribution < 1.29 is 14.8 Å². The van der Waals surface area contributed by atoms with Gasteiger partial charge in [0.25, 0.3) is 5.91 Å². The van der Waals surface area contributed by atoms with E-state index in [4.69, 9.17) is 0 Å². The number of nitriles is 1. The van der Waals surface area contributed by atoms with Gasteiger partial charge in [0.05, 0.1) is 23.8 Å². The zero-order valence-corrected chi connectivity index (χ0v) is 18.0. The summed E-state index contributed by atoms with van der Waals surface area (Å²) < 4.78 is 1.78. The van der Waals surface area contributed by atoms with Crippen LogP contribution < -0.4 is 10.2 Å². The number of fused-ring (bicyclic) bond motifs is 1. The molecular weight excluding hydrogens is 398 g/mol. The Hall–Kier alpha value is -3.28. The molecule has 0 radical (unpaired) electrons. The maximum Gasteiger partial charge on any atom is 0.279 e. The van der Waals surface area contributed by atoms with E-state index in [1.54, 1.807) is 23.4 Å². The summed E-state index contributed by atoms with van der Waals surface area (Å²) in [4.78, 5) is 18.6. The number of hydrogen-bond acceptors (Lipinski definition) is 5. The van der Waals surface area contributed by atoms with Gasteiger partial charge in [-0.25, -0.2) is 4.98 Å². The second-order valence-corrected chi connectivity index (χ2v) is 7.82. The molecule has 0 fully saturated rings.